The summed E-state index contributed by atoms with van der Waals surface area (Å²) in [6.07, 6.45) is 10.3. The SMILES string of the molecule is CCC1CCCCN1C(=O)CN1CCC2(C/C=C/CNC(=O)c3ccccc3OC[C@@H](C(C)C)NC2=O)CC1. The van der Waals surface area contributed by atoms with Crippen molar-refractivity contribution in [3.8, 4) is 5.75 Å². The first-order valence-corrected chi connectivity index (χ1v) is 14.8. The molecule has 1 aromatic rings. The quantitative estimate of drug-likeness (QED) is 0.570. The van der Waals surface area contributed by atoms with E-state index in [4.69, 9.17) is 4.74 Å². The fourth-order valence-electron chi connectivity index (χ4n) is 6.02. The van der Waals surface area contributed by atoms with Gasteiger partial charge in [-0.1, -0.05) is 45.1 Å². The molecule has 1 unspecified atom stereocenters. The third-order valence-electron chi connectivity index (χ3n) is 8.80. The van der Waals surface area contributed by atoms with E-state index in [9.17, 15) is 14.4 Å². The van der Waals surface area contributed by atoms with Crippen LogP contribution in [-0.4, -0.2) is 78.9 Å². The van der Waals surface area contributed by atoms with Gasteiger partial charge in [0, 0.05) is 19.1 Å². The molecule has 8 heteroatoms. The van der Waals surface area contributed by atoms with Crippen LogP contribution < -0.4 is 15.4 Å². The molecule has 0 bridgehead atoms. The Morgan fingerprint density at radius 1 is 1.10 bits per heavy atom. The number of piperidine rings is 2. The van der Waals surface area contributed by atoms with Gasteiger partial charge < -0.3 is 20.3 Å². The van der Waals surface area contributed by atoms with Crippen molar-refractivity contribution in [2.45, 2.75) is 77.8 Å². The van der Waals surface area contributed by atoms with Crippen LogP contribution in [0.2, 0.25) is 0 Å². The van der Waals surface area contributed by atoms with Crippen molar-refractivity contribution in [3.63, 3.8) is 0 Å². The van der Waals surface area contributed by atoms with E-state index in [1.165, 1.54) is 6.42 Å². The lowest BCUT2D eigenvalue weighted by atomic mass is 9.74. The molecule has 0 aromatic heterocycles. The Labute approximate surface area is 233 Å². The highest BCUT2D eigenvalue weighted by Crippen LogP contribution is 2.36. The molecule has 1 spiro atoms. The summed E-state index contributed by atoms with van der Waals surface area (Å²) in [5, 5.41) is 6.24. The van der Waals surface area contributed by atoms with Gasteiger partial charge >= 0.3 is 0 Å². The fourth-order valence-corrected chi connectivity index (χ4v) is 6.02. The Morgan fingerprint density at radius 2 is 1.87 bits per heavy atom. The predicted molar refractivity (Wildman–Crippen MR) is 153 cm³/mol. The maximum atomic E-state index is 13.9. The Morgan fingerprint density at radius 3 is 2.62 bits per heavy atom. The minimum absolute atomic E-state index is 0.0527. The summed E-state index contributed by atoms with van der Waals surface area (Å²) in [6, 6.07) is 7.38. The number of fused-ring (bicyclic) bond motifs is 1. The average Bonchev–Trinajstić information content (AvgIpc) is 2.95. The summed E-state index contributed by atoms with van der Waals surface area (Å²) in [5.41, 5.74) is -0.0586. The maximum absolute atomic E-state index is 13.9. The van der Waals surface area contributed by atoms with Crippen molar-refractivity contribution in [2.75, 3.05) is 39.3 Å². The van der Waals surface area contributed by atoms with E-state index in [0.717, 1.165) is 25.8 Å². The number of carbonyl (C=O) groups is 3. The third-order valence-corrected chi connectivity index (χ3v) is 8.80. The van der Waals surface area contributed by atoms with Crippen LogP contribution in [0.3, 0.4) is 0 Å². The minimum Gasteiger partial charge on any atom is -0.491 e. The van der Waals surface area contributed by atoms with Crippen molar-refractivity contribution in [1.82, 2.24) is 20.4 Å². The van der Waals surface area contributed by atoms with Gasteiger partial charge in [-0.05, 0) is 76.1 Å². The van der Waals surface area contributed by atoms with E-state index >= 15 is 0 Å². The molecule has 4 rings (SSSR count). The van der Waals surface area contributed by atoms with Crippen molar-refractivity contribution >= 4 is 17.7 Å². The minimum atomic E-state index is -0.549. The first-order chi connectivity index (χ1) is 18.8. The molecule has 2 atom stereocenters. The molecule has 8 nitrogen and oxygen atoms in total. The van der Waals surface area contributed by atoms with Gasteiger partial charge in [-0.25, -0.2) is 0 Å². The van der Waals surface area contributed by atoms with Crippen LogP contribution >= 0.6 is 0 Å². The van der Waals surface area contributed by atoms with Gasteiger partial charge in [0.25, 0.3) is 5.91 Å². The highest BCUT2D eigenvalue weighted by molar-refractivity contribution is 5.97. The summed E-state index contributed by atoms with van der Waals surface area (Å²) in [5.74, 6) is 0.772. The molecule has 0 aliphatic carbocycles. The van der Waals surface area contributed by atoms with Gasteiger partial charge in [-0.2, -0.15) is 0 Å². The zero-order chi connectivity index (χ0) is 27.8. The maximum Gasteiger partial charge on any atom is 0.255 e. The molecule has 0 saturated carbocycles. The number of benzene rings is 1. The first kappa shape index (κ1) is 29.1. The smallest absolute Gasteiger partial charge is 0.255 e. The van der Waals surface area contributed by atoms with E-state index in [0.29, 0.717) is 62.8 Å². The van der Waals surface area contributed by atoms with E-state index in [1.54, 1.807) is 12.1 Å². The van der Waals surface area contributed by atoms with Crippen molar-refractivity contribution < 1.29 is 19.1 Å². The normalized spacial score (nSPS) is 25.7. The van der Waals surface area contributed by atoms with Gasteiger partial charge in [0.15, 0.2) is 0 Å². The van der Waals surface area contributed by atoms with Crippen molar-refractivity contribution in [1.29, 1.82) is 0 Å². The second-order valence-corrected chi connectivity index (χ2v) is 11.7. The van der Waals surface area contributed by atoms with Crippen LogP contribution in [0.15, 0.2) is 36.4 Å². The predicted octanol–water partition coefficient (Wildman–Crippen LogP) is 3.77. The summed E-state index contributed by atoms with van der Waals surface area (Å²) in [7, 11) is 0. The number of hydrogen-bond donors (Lipinski definition) is 2. The van der Waals surface area contributed by atoms with Gasteiger partial charge in [0.1, 0.15) is 12.4 Å². The zero-order valence-electron chi connectivity index (χ0n) is 23.9. The Kier molecular flexibility index (Phi) is 10.1. The number of ether oxygens (including phenoxy) is 1. The third kappa shape index (κ3) is 7.21. The molecule has 39 heavy (non-hydrogen) atoms. The van der Waals surface area contributed by atoms with Gasteiger partial charge in [0.2, 0.25) is 11.8 Å². The topological polar surface area (TPSA) is 91.0 Å². The number of carbonyl (C=O) groups excluding carboxylic acids is 3. The highest BCUT2D eigenvalue weighted by Gasteiger charge is 2.42. The molecule has 2 fully saturated rings. The van der Waals surface area contributed by atoms with Crippen molar-refractivity contribution in [2.24, 2.45) is 11.3 Å². The monoisotopic (exact) mass is 538 g/mol. The molecule has 2 saturated heterocycles. The molecule has 3 aliphatic heterocycles. The second kappa shape index (κ2) is 13.5. The molecule has 2 N–H and O–H groups in total. The largest absolute Gasteiger partial charge is 0.491 e. The molecule has 214 valence electrons. The van der Waals surface area contributed by atoms with Crippen LogP contribution in [0.5, 0.6) is 5.75 Å². The summed E-state index contributed by atoms with van der Waals surface area (Å²) >= 11 is 0. The van der Waals surface area contributed by atoms with E-state index in [-0.39, 0.29) is 36.3 Å². The molecule has 3 heterocycles. The fraction of sp³-hybridized carbons (Fsp3) is 0.645. The van der Waals surface area contributed by atoms with Crippen LogP contribution in [0.4, 0.5) is 0 Å². The molecule has 1 aromatic carbocycles. The average molecular weight is 539 g/mol. The number of amides is 3. The number of likely N-dealkylation sites (tertiary alicyclic amines) is 2. The number of nitrogens with one attached hydrogen (secondary N) is 2. The first-order valence-electron chi connectivity index (χ1n) is 14.8. The lowest BCUT2D eigenvalue weighted by Gasteiger charge is -2.42. The molecule has 0 radical (unpaired) electrons. The summed E-state index contributed by atoms with van der Waals surface area (Å²) in [4.78, 5) is 44.1. The zero-order valence-corrected chi connectivity index (χ0v) is 23.9. The highest BCUT2D eigenvalue weighted by atomic mass is 16.5. The molecule has 3 aliphatic rings. The van der Waals surface area contributed by atoms with Gasteiger partial charge in [-0.3, -0.25) is 19.3 Å². The number of hydrogen-bond acceptors (Lipinski definition) is 5. The Balaban J connectivity index is 1.45. The van der Waals surface area contributed by atoms with Crippen LogP contribution in [0, 0.1) is 11.3 Å². The van der Waals surface area contributed by atoms with Crippen LogP contribution in [0.1, 0.15) is 76.1 Å². The van der Waals surface area contributed by atoms with Crippen LogP contribution in [0.25, 0.3) is 0 Å². The van der Waals surface area contributed by atoms with Gasteiger partial charge in [0.05, 0.1) is 23.6 Å². The molecular formula is C31H46N4O4. The van der Waals surface area contributed by atoms with E-state index < -0.39 is 5.41 Å². The number of allylic oxidation sites excluding steroid dienone is 1. The number of para-hydroxylation sites is 1. The lowest BCUT2D eigenvalue weighted by Crippen LogP contribution is -2.55. The number of rotatable bonds is 4. The van der Waals surface area contributed by atoms with E-state index in [2.05, 4.69) is 41.2 Å². The number of nitrogens with zero attached hydrogens (tertiary/aromatic N) is 2. The van der Waals surface area contributed by atoms with Crippen molar-refractivity contribution in [3.05, 3.63) is 42.0 Å². The lowest BCUT2D eigenvalue weighted by molar-refractivity contribution is -0.138. The standard InChI is InChI=1S/C31H46N4O4/c1-4-24-11-7-10-18-35(24)28(36)21-34-19-15-31(16-20-34)14-8-9-17-32-29(37)25-12-5-6-13-27(25)39-22-26(23(2)3)33-30(31)38/h5-6,8-9,12-13,23-24,26H,4,7,10-11,14-22H2,1-3H3,(H,32,37)(H,33,38)/b9-8+/t24?,26-/m0/s1. The summed E-state index contributed by atoms with van der Waals surface area (Å²) in [6.45, 7) is 9.69. The molecular weight excluding hydrogens is 492 g/mol. The van der Waals surface area contributed by atoms with Gasteiger partial charge in [-0.15, -0.1) is 0 Å². The second-order valence-electron chi connectivity index (χ2n) is 11.7. The Bertz CT molecular complexity index is 1030. The van der Waals surface area contributed by atoms with Crippen LogP contribution in [-0.2, 0) is 9.59 Å². The van der Waals surface area contributed by atoms with E-state index in [1.807, 2.05) is 24.3 Å². The summed E-state index contributed by atoms with van der Waals surface area (Å²) < 4.78 is 6.09. The Hall–Kier alpha value is -2.87. The molecule has 3 amide bonds.